The average molecular weight is 274 g/mol. The van der Waals surface area contributed by atoms with Crippen molar-refractivity contribution in [1.29, 1.82) is 0 Å². The van der Waals surface area contributed by atoms with Crippen LogP contribution in [-0.4, -0.2) is 0 Å². The lowest BCUT2D eigenvalue weighted by atomic mass is 9.96. The summed E-state index contributed by atoms with van der Waals surface area (Å²) in [6.07, 6.45) is 1.05. The van der Waals surface area contributed by atoms with Crippen LogP contribution in [0.3, 0.4) is 0 Å². The standard InChI is InChI=1S/C21H22/c1-14-7-5-9-18(11-14)20-13-21(17(4)16(20)3)19-10-6-8-15(2)12-19/h5-12H,13H2,1-4H3. The summed E-state index contributed by atoms with van der Waals surface area (Å²) in [5.74, 6) is 0. The predicted molar refractivity (Wildman–Crippen MR) is 92.2 cm³/mol. The van der Waals surface area contributed by atoms with Gasteiger partial charge in [0.15, 0.2) is 0 Å². The summed E-state index contributed by atoms with van der Waals surface area (Å²) in [4.78, 5) is 0. The van der Waals surface area contributed by atoms with E-state index < -0.39 is 0 Å². The fourth-order valence-electron chi connectivity index (χ4n) is 3.20. The molecule has 0 aliphatic heterocycles. The van der Waals surface area contributed by atoms with Crippen LogP contribution in [0.2, 0.25) is 0 Å². The molecule has 0 unspecified atom stereocenters. The Morgan fingerprint density at radius 2 is 1.05 bits per heavy atom. The highest BCUT2D eigenvalue weighted by Gasteiger charge is 2.20. The minimum absolute atomic E-state index is 1.05. The van der Waals surface area contributed by atoms with Crippen LogP contribution in [0.1, 0.15) is 42.5 Å². The van der Waals surface area contributed by atoms with Crippen molar-refractivity contribution < 1.29 is 0 Å². The van der Waals surface area contributed by atoms with Crippen molar-refractivity contribution in [2.75, 3.05) is 0 Å². The molecule has 106 valence electrons. The Labute approximate surface area is 127 Å². The van der Waals surface area contributed by atoms with Crippen LogP contribution in [0, 0.1) is 13.8 Å². The number of allylic oxidation sites excluding steroid dienone is 4. The smallest absolute Gasteiger partial charge is 0.000843 e. The van der Waals surface area contributed by atoms with Crippen LogP contribution in [0.5, 0.6) is 0 Å². The first-order chi connectivity index (χ1) is 10.1. The fourth-order valence-corrected chi connectivity index (χ4v) is 3.20. The maximum Gasteiger partial charge on any atom is -0.000843 e. The minimum Gasteiger partial charge on any atom is -0.0614 e. The summed E-state index contributed by atoms with van der Waals surface area (Å²) < 4.78 is 0. The fraction of sp³-hybridized carbons (Fsp3) is 0.238. The zero-order valence-electron chi connectivity index (χ0n) is 13.3. The van der Waals surface area contributed by atoms with E-state index in [4.69, 9.17) is 0 Å². The first-order valence-electron chi connectivity index (χ1n) is 7.60. The normalized spacial score (nSPS) is 15.0. The van der Waals surface area contributed by atoms with Gasteiger partial charge in [0.2, 0.25) is 0 Å². The molecule has 1 aliphatic carbocycles. The molecule has 0 atom stereocenters. The summed E-state index contributed by atoms with van der Waals surface area (Å²) >= 11 is 0. The molecule has 0 radical (unpaired) electrons. The third-order valence-electron chi connectivity index (χ3n) is 4.55. The van der Waals surface area contributed by atoms with Crippen LogP contribution >= 0.6 is 0 Å². The van der Waals surface area contributed by atoms with Gasteiger partial charge in [-0.3, -0.25) is 0 Å². The number of rotatable bonds is 2. The molecule has 2 aromatic carbocycles. The molecule has 1 aliphatic rings. The van der Waals surface area contributed by atoms with E-state index in [1.807, 2.05) is 0 Å². The quantitative estimate of drug-likeness (QED) is 0.634. The average Bonchev–Trinajstić information content (AvgIpc) is 2.75. The predicted octanol–water partition coefficient (Wildman–Crippen LogP) is 5.95. The van der Waals surface area contributed by atoms with Crippen LogP contribution in [0.4, 0.5) is 0 Å². The minimum atomic E-state index is 1.05. The van der Waals surface area contributed by atoms with Gasteiger partial charge in [0, 0.05) is 0 Å². The molecule has 0 spiro atoms. The Morgan fingerprint density at radius 3 is 1.43 bits per heavy atom. The van der Waals surface area contributed by atoms with Gasteiger partial charge in [-0.1, -0.05) is 59.7 Å². The van der Waals surface area contributed by atoms with Crippen molar-refractivity contribution in [3.05, 3.63) is 81.9 Å². The monoisotopic (exact) mass is 274 g/mol. The number of hydrogen-bond donors (Lipinski definition) is 0. The SMILES string of the molecule is CC1=C(c2cccc(C)c2)CC(c2cccc(C)c2)=C1C. The van der Waals surface area contributed by atoms with Gasteiger partial charge in [-0.15, -0.1) is 0 Å². The zero-order chi connectivity index (χ0) is 15.0. The molecular formula is C21H22. The van der Waals surface area contributed by atoms with E-state index >= 15 is 0 Å². The Morgan fingerprint density at radius 1 is 0.619 bits per heavy atom. The van der Waals surface area contributed by atoms with Gasteiger partial charge in [0.25, 0.3) is 0 Å². The van der Waals surface area contributed by atoms with E-state index in [0.29, 0.717) is 0 Å². The third kappa shape index (κ3) is 2.58. The van der Waals surface area contributed by atoms with Gasteiger partial charge in [-0.25, -0.2) is 0 Å². The molecule has 21 heavy (non-hydrogen) atoms. The van der Waals surface area contributed by atoms with E-state index in [-0.39, 0.29) is 0 Å². The van der Waals surface area contributed by atoms with Gasteiger partial charge >= 0.3 is 0 Å². The number of benzene rings is 2. The molecular weight excluding hydrogens is 252 g/mol. The summed E-state index contributed by atoms with van der Waals surface area (Å²) in [6.45, 7) is 8.85. The lowest BCUT2D eigenvalue weighted by Crippen LogP contribution is -1.87. The Kier molecular flexibility index (Phi) is 3.55. The van der Waals surface area contributed by atoms with Crippen LogP contribution in [0.25, 0.3) is 11.1 Å². The maximum atomic E-state index is 2.30. The van der Waals surface area contributed by atoms with Gasteiger partial charge < -0.3 is 0 Å². The van der Waals surface area contributed by atoms with Crippen molar-refractivity contribution >= 4 is 11.1 Å². The van der Waals surface area contributed by atoms with Gasteiger partial charge in [-0.2, -0.15) is 0 Å². The van der Waals surface area contributed by atoms with Crippen LogP contribution < -0.4 is 0 Å². The molecule has 0 nitrogen and oxygen atoms in total. The first-order valence-corrected chi connectivity index (χ1v) is 7.60. The van der Waals surface area contributed by atoms with E-state index in [2.05, 4.69) is 76.2 Å². The van der Waals surface area contributed by atoms with Crippen molar-refractivity contribution in [1.82, 2.24) is 0 Å². The lowest BCUT2D eigenvalue weighted by Gasteiger charge is -2.08. The Balaban J connectivity index is 2.00. The largest absolute Gasteiger partial charge is 0.0614 e. The Bertz CT molecular complexity index is 692. The molecule has 0 bridgehead atoms. The molecule has 3 rings (SSSR count). The second kappa shape index (κ2) is 5.37. The molecule has 0 saturated heterocycles. The summed E-state index contributed by atoms with van der Waals surface area (Å²) in [6, 6.07) is 17.7. The summed E-state index contributed by atoms with van der Waals surface area (Å²) in [5.41, 5.74) is 11.2. The first kappa shape index (κ1) is 13.9. The third-order valence-corrected chi connectivity index (χ3v) is 4.55. The molecule has 0 saturated carbocycles. The number of hydrogen-bond acceptors (Lipinski definition) is 0. The second-order valence-corrected chi connectivity index (χ2v) is 6.12. The molecule has 0 aromatic heterocycles. The van der Waals surface area contributed by atoms with Crippen LogP contribution in [-0.2, 0) is 0 Å². The van der Waals surface area contributed by atoms with Crippen molar-refractivity contribution in [2.24, 2.45) is 0 Å². The highest BCUT2D eigenvalue weighted by atomic mass is 14.2. The summed E-state index contributed by atoms with van der Waals surface area (Å²) in [5, 5.41) is 0. The van der Waals surface area contributed by atoms with E-state index in [1.54, 1.807) is 0 Å². The molecule has 0 amide bonds. The van der Waals surface area contributed by atoms with E-state index in [1.165, 1.54) is 44.5 Å². The highest BCUT2D eigenvalue weighted by Crippen LogP contribution is 2.42. The summed E-state index contributed by atoms with van der Waals surface area (Å²) in [7, 11) is 0. The van der Waals surface area contributed by atoms with Crippen LogP contribution in [0.15, 0.2) is 59.7 Å². The van der Waals surface area contributed by atoms with E-state index in [9.17, 15) is 0 Å². The highest BCUT2D eigenvalue weighted by molar-refractivity contribution is 5.91. The lowest BCUT2D eigenvalue weighted by molar-refractivity contribution is 1.36. The van der Waals surface area contributed by atoms with Crippen molar-refractivity contribution in [3.8, 4) is 0 Å². The van der Waals surface area contributed by atoms with Gasteiger partial charge in [0.1, 0.15) is 0 Å². The molecule has 2 aromatic rings. The molecule has 0 heteroatoms. The second-order valence-electron chi connectivity index (χ2n) is 6.12. The number of aryl methyl sites for hydroxylation is 2. The Hall–Kier alpha value is -2.08. The van der Waals surface area contributed by atoms with E-state index in [0.717, 1.165) is 6.42 Å². The topological polar surface area (TPSA) is 0 Å². The molecule has 0 fully saturated rings. The van der Waals surface area contributed by atoms with Crippen molar-refractivity contribution in [2.45, 2.75) is 34.1 Å². The van der Waals surface area contributed by atoms with Gasteiger partial charge in [-0.05, 0) is 67.5 Å². The van der Waals surface area contributed by atoms with Crippen molar-refractivity contribution in [3.63, 3.8) is 0 Å². The zero-order valence-corrected chi connectivity index (χ0v) is 13.3. The van der Waals surface area contributed by atoms with Gasteiger partial charge in [0.05, 0.1) is 0 Å². The maximum absolute atomic E-state index is 2.30. The molecule has 0 heterocycles. The molecule has 0 N–H and O–H groups in total.